The minimum Gasteiger partial charge on any atom is -0.349 e. The second-order valence-corrected chi connectivity index (χ2v) is 6.21. The molecule has 1 fully saturated rings. The van der Waals surface area contributed by atoms with Crippen molar-refractivity contribution < 1.29 is 22.8 Å². The highest BCUT2D eigenvalue weighted by molar-refractivity contribution is 6.05. The van der Waals surface area contributed by atoms with Crippen LogP contribution in [0.25, 0.3) is 0 Å². The van der Waals surface area contributed by atoms with Crippen LogP contribution < -0.4 is 10.6 Å². The van der Waals surface area contributed by atoms with E-state index in [9.17, 15) is 22.8 Å². The van der Waals surface area contributed by atoms with E-state index in [0.717, 1.165) is 37.8 Å². The SMILES string of the molecule is O=C(Nc1ccc(F)c(F)c1F)c1ccc(C(=O)NC2CCCC2)cc1. The summed E-state index contributed by atoms with van der Waals surface area (Å²) < 4.78 is 39.7. The van der Waals surface area contributed by atoms with Crippen molar-refractivity contribution in [1.82, 2.24) is 5.32 Å². The Kier molecular flexibility index (Phi) is 5.25. The molecule has 2 amide bonds. The van der Waals surface area contributed by atoms with Gasteiger partial charge in [0.05, 0.1) is 5.69 Å². The van der Waals surface area contributed by atoms with Crippen LogP contribution in [0.3, 0.4) is 0 Å². The Morgan fingerprint density at radius 1 is 0.808 bits per heavy atom. The van der Waals surface area contributed by atoms with Gasteiger partial charge in [0.1, 0.15) is 0 Å². The Morgan fingerprint density at radius 3 is 2.00 bits per heavy atom. The number of halogens is 3. The minimum atomic E-state index is -1.65. The van der Waals surface area contributed by atoms with Crippen molar-refractivity contribution in [2.45, 2.75) is 31.7 Å². The van der Waals surface area contributed by atoms with Crippen LogP contribution >= 0.6 is 0 Å². The van der Waals surface area contributed by atoms with Gasteiger partial charge in [-0.2, -0.15) is 0 Å². The van der Waals surface area contributed by atoms with Gasteiger partial charge in [0.25, 0.3) is 11.8 Å². The highest BCUT2D eigenvalue weighted by Crippen LogP contribution is 2.21. The number of hydrogen-bond acceptors (Lipinski definition) is 2. The second kappa shape index (κ2) is 7.59. The third kappa shape index (κ3) is 3.87. The van der Waals surface area contributed by atoms with Crippen LogP contribution in [0.4, 0.5) is 18.9 Å². The molecule has 1 aliphatic carbocycles. The molecule has 4 nitrogen and oxygen atoms in total. The summed E-state index contributed by atoms with van der Waals surface area (Å²) >= 11 is 0. The van der Waals surface area contributed by atoms with Crippen molar-refractivity contribution in [3.05, 3.63) is 65.0 Å². The lowest BCUT2D eigenvalue weighted by Gasteiger charge is -2.12. The van der Waals surface area contributed by atoms with Crippen LogP contribution in [0, 0.1) is 17.5 Å². The number of benzene rings is 2. The zero-order chi connectivity index (χ0) is 18.7. The number of rotatable bonds is 4. The monoisotopic (exact) mass is 362 g/mol. The fraction of sp³-hybridized carbons (Fsp3) is 0.263. The molecule has 3 rings (SSSR count). The predicted octanol–water partition coefficient (Wildman–Crippen LogP) is 4.03. The van der Waals surface area contributed by atoms with E-state index in [1.54, 1.807) is 0 Å². The van der Waals surface area contributed by atoms with Crippen molar-refractivity contribution in [3.8, 4) is 0 Å². The summed E-state index contributed by atoms with van der Waals surface area (Å²) in [7, 11) is 0. The summed E-state index contributed by atoms with van der Waals surface area (Å²) in [6.07, 6.45) is 4.13. The summed E-state index contributed by atoms with van der Waals surface area (Å²) in [5, 5.41) is 5.12. The smallest absolute Gasteiger partial charge is 0.255 e. The van der Waals surface area contributed by atoms with E-state index in [2.05, 4.69) is 10.6 Å². The largest absolute Gasteiger partial charge is 0.349 e. The van der Waals surface area contributed by atoms with Gasteiger partial charge in [-0.1, -0.05) is 12.8 Å². The first-order valence-electron chi connectivity index (χ1n) is 8.31. The van der Waals surface area contributed by atoms with Crippen LogP contribution in [-0.4, -0.2) is 17.9 Å². The van der Waals surface area contributed by atoms with Crippen LogP contribution in [0.5, 0.6) is 0 Å². The molecule has 0 bridgehead atoms. The summed E-state index contributed by atoms with van der Waals surface area (Å²) in [6, 6.07) is 7.65. The average molecular weight is 362 g/mol. The predicted molar refractivity (Wildman–Crippen MR) is 90.4 cm³/mol. The summed E-state index contributed by atoms with van der Waals surface area (Å²) in [5.41, 5.74) is 0.107. The van der Waals surface area contributed by atoms with Gasteiger partial charge in [0.15, 0.2) is 17.5 Å². The summed E-state index contributed by atoms with van der Waals surface area (Å²) in [5.74, 6) is -5.36. The third-order valence-electron chi connectivity index (χ3n) is 4.38. The zero-order valence-electron chi connectivity index (χ0n) is 13.8. The molecule has 0 aromatic heterocycles. The minimum absolute atomic E-state index is 0.159. The topological polar surface area (TPSA) is 58.2 Å². The maximum Gasteiger partial charge on any atom is 0.255 e. The first kappa shape index (κ1) is 18.0. The fourth-order valence-electron chi connectivity index (χ4n) is 2.93. The molecule has 1 aliphatic rings. The van der Waals surface area contributed by atoms with Gasteiger partial charge in [-0.25, -0.2) is 13.2 Å². The number of amides is 2. The standard InChI is InChI=1S/C19H17F3N2O2/c20-14-9-10-15(17(22)16(14)21)24-19(26)12-7-5-11(6-8-12)18(25)23-13-3-1-2-4-13/h5-10,13H,1-4H2,(H,23,25)(H,24,26). The van der Waals surface area contributed by atoms with Gasteiger partial charge in [-0.05, 0) is 49.2 Å². The fourth-order valence-corrected chi connectivity index (χ4v) is 2.93. The molecule has 136 valence electrons. The van der Waals surface area contributed by atoms with Crippen molar-refractivity contribution >= 4 is 17.5 Å². The average Bonchev–Trinajstić information content (AvgIpc) is 3.15. The molecular formula is C19H17F3N2O2. The van der Waals surface area contributed by atoms with Crippen molar-refractivity contribution in [3.63, 3.8) is 0 Å². The molecule has 0 spiro atoms. The Bertz CT molecular complexity index is 831. The highest BCUT2D eigenvalue weighted by atomic mass is 19.2. The second-order valence-electron chi connectivity index (χ2n) is 6.21. The van der Waals surface area contributed by atoms with Crippen molar-refractivity contribution in [2.24, 2.45) is 0 Å². The molecule has 2 aromatic carbocycles. The van der Waals surface area contributed by atoms with E-state index in [0.29, 0.717) is 5.56 Å². The first-order chi connectivity index (χ1) is 12.5. The number of nitrogens with one attached hydrogen (secondary N) is 2. The molecule has 1 saturated carbocycles. The molecule has 0 unspecified atom stereocenters. The van der Waals surface area contributed by atoms with E-state index in [-0.39, 0.29) is 17.5 Å². The quantitative estimate of drug-likeness (QED) is 0.807. The van der Waals surface area contributed by atoms with Crippen LogP contribution in [0.15, 0.2) is 36.4 Å². The van der Waals surface area contributed by atoms with E-state index in [1.807, 2.05) is 0 Å². The van der Waals surface area contributed by atoms with E-state index in [4.69, 9.17) is 0 Å². The van der Waals surface area contributed by atoms with E-state index in [1.165, 1.54) is 24.3 Å². The number of anilines is 1. The van der Waals surface area contributed by atoms with E-state index < -0.39 is 29.0 Å². The van der Waals surface area contributed by atoms with Crippen LogP contribution in [0.2, 0.25) is 0 Å². The zero-order valence-corrected chi connectivity index (χ0v) is 13.8. The highest BCUT2D eigenvalue weighted by Gasteiger charge is 2.19. The Balaban J connectivity index is 1.67. The Morgan fingerprint density at radius 2 is 1.38 bits per heavy atom. The maximum atomic E-state index is 13.6. The Hall–Kier alpha value is -2.83. The normalized spacial score (nSPS) is 14.3. The third-order valence-corrected chi connectivity index (χ3v) is 4.38. The number of carbonyl (C=O) groups excluding carboxylic acids is 2. The lowest BCUT2D eigenvalue weighted by atomic mass is 10.1. The molecule has 0 radical (unpaired) electrons. The van der Waals surface area contributed by atoms with Gasteiger partial charge < -0.3 is 10.6 Å². The first-order valence-corrected chi connectivity index (χ1v) is 8.31. The lowest BCUT2D eigenvalue weighted by Crippen LogP contribution is -2.32. The molecule has 2 aromatic rings. The van der Waals surface area contributed by atoms with Gasteiger partial charge in [0.2, 0.25) is 0 Å². The van der Waals surface area contributed by atoms with Crippen LogP contribution in [0.1, 0.15) is 46.4 Å². The van der Waals surface area contributed by atoms with Gasteiger partial charge >= 0.3 is 0 Å². The molecular weight excluding hydrogens is 345 g/mol. The molecule has 0 heterocycles. The van der Waals surface area contributed by atoms with Crippen LogP contribution in [-0.2, 0) is 0 Å². The van der Waals surface area contributed by atoms with Crippen molar-refractivity contribution in [2.75, 3.05) is 5.32 Å². The molecule has 26 heavy (non-hydrogen) atoms. The maximum absolute atomic E-state index is 13.6. The Labute approximate surface area is 148 Å². The summed E-state index contributed by atoms with van der Waals surface area (Å²) in [4.78, 5) is 24.3. The van der Waals surface area contributed by atoms with Gasteiger partial charge in [-0.15, -0.1) is 0 Å². The molecule has 0 aliphatic heterocycles. The molecule has 7 heteroatoms. The van der Waals surface area contributed by atoms with Gasteiger partial charge in [-0.3, -0.25) is 9.59 Å². The van der Waals surface area contributed by atoms with Gasteiger partial charge in [0, 0.05) is 17.2 Å². The molecule has 0 saturated heterocycles. The van der Waals surface area contributed by atoms with Crippen molar-refractivity contribution in [1.29, 1.82) is 0 Å². The number of carbonyl (C=O) groups is 2. The molecule has 0 atom stereocenters. The summed E-state index contributed by atoms with van der Waals surface area (Å²) in [6.45, 7) is 0. The number of hydrogen-bond donors (Lipinski definition) is 2. The lowest BCUT2D eigenvalue weighted by molar-refractivity contribution is 0.0936. The molecule has 2 N–H and O–H groups in total. The van der Waals surface area contributed by atoms with E-state index >= 15 is 0 Å².